The molecule has 0 saturated carbocycles. The number of ether oxygens (including phenoxy) is 1. The topological polar surface area (TPSA) is 79.8 Å². The summed E-state index contributed by atoms with van der Waals surface area (Å²) in [5.41, 5.74) is 2.43. The second-order valence-corrected chi connectivity index (χ2v) is 8.65. The van der Waals surface area contributed by atoms with Crippen molar-refractivity contribution in [2.75, 3.05) is 19.8 Å². The lowest BCUT2D eigenvalue weighted by Crippen LogP contribution is -2.37. The molecule has 0 atom stereocenters. The van der Waals surface area contributed by atoms with E-state index in [0.717, 1.165) is 11.1 Å². The predicted octanol–water partition coefficient (Wildman–Crippen LogP) is 3.82. The summed E-state index contributed by atoms with van der Waals surface area (Å²) in [6, 6.07) is 10.8. The minimum Gasteiger partial charge on any atom is -0.406 e. The van der Waals surface area contributed by atoms with Crippen molar-refractivity contribution in [2.24, 2.45) is 4.99 Å². The van der Waals surface area contributed by atoms with Crippen LogP contribution in [0.1, 0.15) is 16.7 Å². The molecule has 2 N–H and O–H groups in total. The normalized spacial score (nSPS) is 12.1. The summed E-state index contributed by atoms with van der Waals surface area (Å²) in [5, 5.41) is 6.26. The van der Waals surface area contributed by atoms with Crippen LogP contribution in [0, 0.1) is 6.92 Å². The number of hydrogen-bond donors (Lipinski definition) is 2. The number of benzene rings is 2. The van der Waals surface area contributed by atoms with Crippen molar-refractivity contribution < 1.29 is 26.3 Å². The Balaban J connectivity index is 0.00000480. The molecule has 2 aromatic rings. The zero-order chi connectivity index (χ0) is 22.4. The van der Waals surface area contributed by atoms with Gasteiger partial charge in [-0.3, -0.25) is 4.99 Å². The number of sulfone groups is 1. The molecular weight excluding hydrogens is 546 g/mol. The number of nitrogens with one attached hydrogen (secondary N) is 2. The molecule has 0 aliphatic carbocycles. The monoisotopic (exact) mass is 571 g/mol. The summed E-state index contributed by atoms with van der Waals surface area (Å²) in [7, 11) is -1.63. The molecule has 0 unspecified atom stereocenters. The Labute approximate surface area is 197 Å². The largest absolute Gasteiger partial charge is 0.573 e. The molecule has 11 heteroatoms. The van der Waals surface area contributed by atoms with Crippen molar-refractivity contribution in [3.05, 3.63) is 59.2 Å². The van der Waals surface area contributed by atoms with E-state index in [4.69, 9.17) is 0 Å². The van der Waals surface area contributed by atoms with E-state index in [1.54, 1.807) is 44.3 Å². The van der Waals surface area contributed by atoms with Crippen LogP contribution in [0.3, 0.4) is 0 Å². The Morgan fingerprint density at radius 1 is 1.06 bits per heavy atom. The molecule has 0 spiro atoms. The first-order valence-electron chi connectivity index (χ1n) is 9.07. The van der Waals surface area contributed by atoms with E-state index in [-0.39, 0.29) is 29.7 Å². The highest BCUT2D eigenvalue weighted by molar-refractivity contribution is 14.0. The summed E-state index contributed by atoms with van der Waals surface area (Å²) in [5.74, 6) is 0.297. The number of alkyl halides is 3. The van der Waals surface area contributed by atoms with Crippen molar-refractivity contribution in [1.29, 1.82) is 0 Å². The van der Waals surface area contributed by atoms with Gasteiger partial charge in [-0.1, -0.05) is 24.3 Å². The van der Waals surface area contributed by atoms with Crippen LogP contribution in [0.2, 0.25) is 0 Å². The van der Waals surface area contributed by atoms with E-state index in [1.807, 2.05) is 0 Å². The summed E-state index contributed by atoms with van der Waals surface area (Å²) >= 11 is 0. The van der Waals surface area contributed by atoms with Crippen LogP contribution < -0.4 is 15.4 Å². The minimum atomic E-state index is -4.70. The quantitative estimate of drug-likeness (QED) is 0.300. The van der Waals surface area contributed by atoms with Gasteiger partial charge in [0.25, 0.3) is 0 Å². The molecule has 0 aromatic heterocycles. The third-order valence-electron chi connectivity index (χ3n) is 4.19. The molecule has 0 bridgehead atoms. The predicted molar refractivity (Wildman–Crippen MR) is 125 cm³/mol. The van der Waals surface area contributed by atoms with Crippen LogP contribution in [0.5, 0.6) is 5.75 Å². The summed E-state index contributed by atoms with van der Waals surface area (Å²) < 4.78 is 63.8. The molecule has 0 aliphatic rings. The van der Waals surface area contributed by atoms with E-state index >= 15 is 0 Å². The Kier molecular flexibility index (Phi) is 10.1. The first-order valence-corrected chi connectivity index (χ1v) is 11.0. The van der Waals surface area contributed by atoms with E-state index in [9.17, 15) is 21.6 Å². The van der Waals surface area contributed by atoms with Gasteiger partial charge in [0.1, 0.15) is 5.75 Å². The van der Waals surface area contributed by atoms with Crippen LogP contribution in [0.4, 0.5) is 13.2 Å². The lowest BCUT2D eigenvalue weighted by atomic mass is 10.1. The van der Waals surface area contributed by atoms with Gasteiger partial charge in [0.05, 0.1) is 4.90 Å². The Bertz CT molecular complexity index is 995. The van der Waals surface area contributed by atoms with Crippen LogP contribution in [0.15, 0.2) is 52.4 Å². The summed E-state index contributed by atoms with van der Waals surface area (Å²) in [6.45, 7) is 2.72. The zero-order valence-electron chi connectivity index (χ0n) is 17.3. The van der Waals surface area contributed by atoms with Gasteiger partial charge in [0.2, 0.25) is 0 Å². The number of hydrogen-bond acceptors (Lipinski definition) is 4. The first kappa shape index (κ1) is 27.0. The SMILES string of the molecule is CN=C(NCCc1ccc(OC(F)(F)F)cc1)NCc1ccc(S(C)(=O)=O)c(C)c1.I. The fourth-order valence-corrected chi connectivity index (χ4v) is 3.79. The van der Waals surface area contributed by atoms with Gasteiger partial charge < -0.3 is 15.4 Å². The lowest BCUT2D eigenvalue weighted by molar-refractivity contribution is -0.274. The van der Waals surface area contributed by atoms with Gasteiger partial charge in [0, 0.05) is 26.4 Å². The fraction of sp³-hybridized carbons (Fsp3) is 0.350. The molecule has 31 heavy (non-hydrogen) atoms. The van der Waals surface area contributed by atoms with Crippen molar-refractivity contribution in [1.82, 2.24) is 10.6 Å². The average Bonchev–Trinajstić information content (AvgIpc) is 2.63. The van der Waals surface area contributed by atoms with E-state index in [0.29, 0.717) is 35.9 Å². The van der Waals surface area contributed by atoms with Crippen LogP contribution in [-0.2, 0) is 22.8 Å². The van der Waals surface area contributed by atoms with Crippen LogP contribution >= 0.6 is 24.0 Å². The van der Waals surface area contributed by atoms with Crippen molar-refractivity contribution >= 4 is 39.8 Å². The minimum absolute atomic E-state index is 0. The van der Waals surface area contributed by atoms with Gasteiger partial charge in [-0.2, -0.15) is 0 Å². The van der Waals surface area contributed by atoms with Gasteiger partial charge in [-0.05, 0) is 48.2 Å². The molecule has 6 nitrogen and oxygen atoms in total. The number of guanidine groups is 1. The highest BCUT2D eigenvalue weighted by atomic mass is 127. The molecule has 0 saturated heterocycles. The Hall–Kier alpha value is -2.02. The first-order chi connectivity index (χ1) is 14.0. The highest BCUT2D eigenvalue weighted by Crippen LogP contribution is 2.22. The molecule has 172 valence electrons. The smallest absolute Gasteiger partial charge is 0.406 e. The molecule has 0 amide bonds. The standard InChI is InChI=1S/C20H24F3N3O3S.HI/c1-14-12-16(6-9-18(14)30(3,27)28)13-26-19(24-2)25-11-10-15-4-7-17(8-5-15)29-20(21,22)23;/h4-9,12H,10-11,13H2,1-3H3,(H2,24,25,26);1H. The highest BCUT2D eigenvalue weighted by Gasteiger charge is 2.30. The van der Waals surface area contributed by atoms with E-state index < -0.39 is 16.2 Å². The van der Waals surface area contributed by atoms with E-state index in [1.165, 1.54) is 18.4 Å². The molecule has 0 aliphatic heterocycles. The maximum atomic E-state index is 12.2. The van der Waals surface area contributed by atoms with Crippen molar-refractivity contribution in [3.8, 4) is 5.75 Å². The van der Waals surface area contributed by atoms with Crippen molar-refractivity contribution in [2.45, 2.75) is 31.1 Å². The van der Waals surface area contributed by atoms with E-state index in [2.05, 4.69) is 20.4 Å². The Morgan fingerprint density at radius 2 is 1.68 bits per heavy atom. The second-order valence-electron chi connectivity index (χ2n) is 6.67. The third kappa shape index (κ3) is 9.33. The van der Waals surface area contributed by atoms with Gasteiger partial charge in [-0.25, -0.2) is 8.42 Å². The maximum absolute atomic E-state index is 12.2. The third-order valence-corrected chi connectivity index (χ3v) is 5.44. The van der Waals surface area contributed by atoms with Crippen molar-refractivity contribution in [3.63, 3.8) is 0 Å². The molecular formula is C20H25F3IN3O3S. The zero-order valence-corrected chi connectivity index (χ0v) is 20.4. The molecule has 0 fully saturated rings. The lowest BCUT2D eigenvalue weighted by Gasteiger charge is -2.13. The average molecular weight is 571 g/mol. The summed E-state index contributed by atoms with van der Waals surface area (Å²) in [6.07, 6.45) is -2.95. The number of aryl methyl sites for hydroxylation is 1. The second kappa shape index (κ2) is 11.6. The number of nitrogens with zero attached hydrogens (tertiary/aromatic N) is 1. The van der Waals surface area contributed by atoms with Gasteiger partial charge in [0.15, 0.2) is 15.8 Å². The number of rotatable bonds is 7. The molecule has 2 rings (SSSR count). The van der Waals surface area contributed by atoms with Gasteiger partial charge in [-0.15, -0.1) is 37.1 Å². The Morgan fingerprint density at radius 3 is 2.19 bits per heavy atom. The summed E-state index contributed by atoms with van der Waals surface area (Å²) in [4.78, 5) is 4.43. The fourth-order valence-electron chi connectivity index (χ4n) is 2.83. The molecule has 2 aromatic carbocycles. The molecule has 0 radical (unpaired) electrons. The maximum Gasteiger partial charge on any atom is 0.573 e. The number of halogens is 4. The molecule has 0 heterocycles. The number of aliphatic imine (C=N–C) groups is 1. The van der Waals surface area contributed by atoms with Crippen LogP contribution in [0.25, 0.3) is 0 Å². The van der Waals surface area contributed by atoms with Gasteiger partial charge >= 0.3 is 6.36 Å². The van der Waals surface area contributed by atoms with Crippen LogP contribution in [-0.4, -0.2) is 40.6 Å².